The van der Waals surface area contributed by atoms with Gasteiger partial charge in [-0.3, -0.25) is 4.79 Å². The van der Waals surface area contributed by atoms with Crippen molar-refractivity contribution in [2.75, 3.05) is 0 Å². The van der Waals surface area contributed by atoms with E-state index < -0.39 is 0 Å². The molecule has 3 aromatic rings. The van der Waals surface area contributed by atoms with Crippen molar-refractivity contribution in [1.82, 2.24) is 0 Å². The zero-order valence-corrected chi connectivity index (χ0v) is 11.0. The molecule has 0 aliphatic rings. The van der Waals surface area contributed by atoms with Crippen molar-refractivity contribution >= 4 is 0 Å². The van der Waals surface area contributed by atoms with E-state index in [1.54, 1.807) is 12.1 Å². The van der Waals surface area contributed by atoms with Crippen LogP contribution in [0.4, 0.5) is 0 Å². The SMILES string of the molecule is O=c1cccc(-c2ccccc2)c(-c2ccccc2)c1. The first-order valence-corrected chi connectivity index (χ1v) is 6.60. The Balaban J connectivity index is 2.31. The average molecular weight is 258 g/mol. The van der Waals surface area contributed by atoms with Crippen LogP contribution in [-0.4, -0.2) is 0 Å². The minimum Gasteiger partial charge on any atom is -0.290 e. The van der Waals surface area contributed by atoms with Crippen molar-refractivity contribution < 1.29 is 0 Å². The number of hydrogen-bond donors (Lipinski definition) is 0. The Hall–Kier alpha value is -2.67. The molecule has 0 bridgehead atoms. The molecule has 0 heterocycles. The fraction of sp³-hybridized carbons (Fsp3) is 0. The maximum atomic E-state index is 11.8. The van der Waals surface area contributed by atoms with Crippen LogP contribution in [0, 0.1) is 0 Å². The highest BCUT2D eigenvalue weighted by Crippen LogP contribution is 2.30. The second-order valence-electron chi connectivity index (χ2n) is 4.63. The molecule has 3 rings (SSSR count). The molecule has 0 saturated heterocycles. The molecule has 1 heteroatoms. The molecule has 96 valence electrons. The van der Waals surface area contributed by atoms with E-state index in [0.717, 1.165) is 22.3 Å². The van der Waals surface area contributed by atoms with Crippen LogP contribution in [0.15, 0.2) is 89.7 Å². The first-order chi connectivity index (χ1) is 9.84. The molecule has 0 amide bonds. The van der Waals surface area contributed by atoms with Crippen LogP contribution in [0.1, 0.15) is 0 Å². The van der Waals surface area contributed by atoms with E-state index in [9.17, 15) is 4.79 Å². The van der Waals surface area contributed by atoms with Crippen molar-refractivity contribution in [1.29, 1.82) is 0 Å². The van der Waals surface area contributed by atoms with Crippen LogP contribution in [0.25, 0.3) is 22.3 Å². The summed E-state index contributed by atoms with van der Waals surface area (Å²) in [5.74, 6) is 0. The van der Waals surface area contributed by atoms with Gasteiger partial charge in [0.1, 0.15) is 0 Å². The lowest BCUT2D eigenvalue weighted by Gasteiger charge is -2.07. The summed E-state index contributed by atoms with van der Waals surface area (Å²) in [5.41, 5.74) is 4.22. The summed E-state index contributed by atoms with van der Waals surface area (Å²) in [6.45, 7) is 0. The first kappa shape index (κ1) is 12.4. The minimum atomic E-state index is 0.0195. The van der Waals surface area contributed by atoms with Crippen LogP contribution >= 0.6 is 0 Å². The summed E-state index contributed by atoms with van der Waals surface area (Å²) in [7, 11) is 0. The van der Waals surface area contributed by atoms with E-state index in [4.69, 9.17) is 0 Å². The molecule has 0 aliphatic heterocycles. The second kappa shape index (κ2) is 5.54. The Kier molecular flexibility index (Phi) is 3.42. The molecular formula is C19H14O. The molecule has 0 unspecified atom stereocenters. The van der Waals surface area contributed by atoms with E-state index in [1.165, 1.54) is 0 Å². The van der Waals surface area contributed by atoms with Gasteiger partial charge in [-0.05, 0) is 34.4 Å². The van der Waals surface area contributed by atoms with Gasteiger partial charge >= 0.3 is 0 Å². The molecular weight excluding hydrogens is 244 g/mol. The fourth-order valence-electron chi connectivity index (χ4n) is 2.32. The largest absolute Gasteiger partial charge is 0.290 e. The fourth-order valence-corrected chi connectivity index (χ4v) is 2.32. The molecule has 1 nitrogen and oxygen atoms in total. The van der Waals surface area contributed by atoms with Crippen LogP contribution in [0.3, 0.4) is 0 Å². The third kappa shape index (κ3) is 2.52. The Labute approximate surface area is 118 Å². The second-order valence-corrected chi connectivity index (χ2v) is 4.63. The monoisotopic (exact) mass is 258 g/mol. The maximum absolute atomic E-state index is 11.8. The van der Waals surface area contributed by atoms with Gasteiger partial charge in [0.05, 0.1) is 0 Å². The van der Waals surface area contributed by atoms with Gasteiger partial charge in [-0.2, -0.15) is 0 Å². The number of hydrogen-bond acceptors (Lipinski definition) is 1. The highest BCUT2D eigenvalue weighted by atomic mass is 16.1. The zero-order chi connectivity index (χ0) is 13.8. The van der Waals surface area contributed by atoms with E-state index in [-0.39, 0.29) is 5.43 Å². The van der Waals surface area contributed by atoms with Gasteiger partial charge in [0, 0.05) is 0 Å². The molecule has 0 aromatic heterocycles. The van der Waals surface area contributed by atoms with E-state index in [2.05, 4.69) is 12.1 Å². The third-order valence-electron chi connectivity index (χ3n) is 3.27. The molecule has 0 aliphatic carbocycles. The third-order valence-corrected chi connectivity index (χ3v) is 3.27. The molecule has 0 radical (unpaired) electrons. The molecule has 0 spiro atoms. The van der Waals surface area contributed by atoms with Crippen LogP contribution in [0.2, 0.25) is 0 Å². The predicted octanol–water partition coefficient (Wildman–Crippen LogP) is 4.38. The van der Waals surface area contributed by atoms with E-state index in [1.807, 2.05) is 60.7 Å². The average Bonchev–Trinajstić information content (AvgIpc) is 2.71. The van der Waals surface area contributed by atoms with Gasteiger partial charge in [0.2, 0.25) is 0 Å². The minimum absolute atomic E-state index is 0.0195. The standard InChI is InChI=1S/C19H14O/c20-17-12-7-13-18(15-8-3-1-4-9-15)19(14-17)16-10-5-2-6-11-16/h1-14H. The number of benzene rings is 2. The van der Waals surface area contributed by atoms with E-state index in [0.29, 0.717) is 0 Å². The van der Waals surface area contributed by atoms with Crippen LogP contribution in [0.5, 0.6) is 0 Å². The molecule has 20 heavy (non-hydrogen) atoms. The van der Waals surface area contributed by atoms with Crippen molar-refractivity contribution in [3.8, 4) is 22.3 Å². The summed E-state index contributed by atoms with van der Waals surface area (Å²) in [6, 6.07) is 27.3. The predicted molar refractivity (Wildman–Crippen MR) is 83.6 cm³/mol. The summed E-state index contributed by atoms with van der Waals surface area (Å²) in [6.07, 6.45) is 0. The Morgan fingerprint density at radius 1 is 0.500 bits per heavy atom. The van der Waals surface area contributed by atoms with Gasteiger partial charge < -0.3 is 0 Å². The van der Waals surface area contributed by atoms with Gasteiger partial charge in [-0.1, -0.05) is 72.8 Å². The Morgan fingerprint density at radius 3 is 1.65 bits per heavy atom. The maximum Gasteiger partial charge on any atom is 0.179 e. The lowest BCUT2D eigenvalue weighted by atomic mass is 9.97. The molecule has 0 fully saturated rings. The lowest BCUT2D eigenvalue weighted by Crippen LogP contribution is -1.92. The molecule has 0 atom stereocenters. The molecule has 0 N–H and O–H groups in total. The summed E-state index contributed by atoms with van der Waals surface area (Å²) in [4.78, 5) is 11.8. The zero-order valence-electron chi connectivity index (χ0n) is 11.0. The summed E-state index contributed by atoms with van der Waals surface area (Å²) in [5, 5.41) is 0. The topological polar surface area (TPSA) is 17.1 Å². The summed E-state index contributed by atoms with van der Waals surface area (Å²) < 4.78 is 0. The quantitative estimate of drug-likeness (QED) is 0.666. The first-order valence-electron chi connectivity index (χ1n) is 6.60. The van der Waals surface area contributed by atoms with E-state index >= 15 is 0 Å². The van der Waals surface area contributed by atoms with Crippen molar-refractivity contribution in [2.45, 2.75) is 0 Å². The Morgan fingerprint density at radius 2 is 1.05 bits per heavy atom. The number of rotatable bonds is 2. The van der Waals surface area contributed by atoms with Crippen LogP contribution < -0.4 is 5.43 Å². The van der Waals surface area contributed by atoms with Crippen molar-refractivity contribution in [2.24, 2.45) is 0 Å². The van der Waals surface area contributed by atoms with Gasteiger partial charge in [-0.15, -0.1) is 0 Å². The van der Waals surface area contributed by atoms with Crippen molar-refractivity contribution in [3.05, 3.63) is 95.2 Å². The van der Waals surface area contributed by atoms with Crippen LogP contribution in [-0.2, 0) is 0 Å². The summed E-state index contributed by atoms with van der Waals surface area (Å²) >= 11 is 0. The lowest BCUT2D eigenvalue weighted by molar-refractivity contribution is 1.60. The highest BCUT2D eigenvalue weighted by Gasteiger charge is 2.06. The van der Waals surface area contributed by atoms with Crippen molar-refractivity contribution in [3.63, 3.8) is 0 Å². The molecule has 0 saturated carbocycles. The molecule has 3 aromatic carbocycles. The normalized spacial score (nSPS) is 10.2. The van der Waals surface area contributed by atoms with Gasteiger partial charge in [-0.25, -0.2) is 0 Å². The smallest absolute Gasteiger partial charge is 0.179 e. The van der Waals surface area contributed by atoms with Gasteiger partial charge in [0.15, 0.2) is 5.43 Å². The Bertz CT molecular complexity index is 762. The van der Waals surface area contributed by atoms with Gasteiger partial charge in [0.25, 0.3) is 0 Å². The highest BCUT2D eigenvalue weighted by molar-refractivity contribution is 5.82.